The first-order valence-corrected chi connectivity index (χ1v) is 9.76. The first-order chi connectivity index (χ1) is 13.2. The molecule has 0 aliphatic heterocycles. The third-order valence-corrected chi connectivity index (χ3v) is 5.87. The van der Waals surface area contributed by atoms with E-state index in [0.29, 0.717) is 0 Å². The maximum Gasteiger partial charge on any atom is 0.142 e. The average Bonchev–Trinajstić information content (AvgIpc) is 2.98. The summed E-state index contributed by atoms with van der Waals surface area (Å²) in [5.41, 5.74) is 5.88. The van der Waals surface area contributed by atoms with Crippen molar-refractivity contribution in [2.24, 2.45) is 0 Å². The van der Waals surface area contributed by atoms with Gasteiger partial charge in [0.2, 0.25) is 0 Å². The summed E-state index contributed by atoms with van der Waals surface area (Å²) >= 11 is 3.59. The highest BCUT2D eigenvalue weighted by atomic mass is 79.9. The Kier molecular flexibility index (Phi) is 3.78. The molecule has 1 atom stereocenters. The first-order valence-electron chi connectivity index (χ1n) is 8.97. The molecule has 0 fully saturated rings. The second-order valence-electron chi connectivity index (χ2n) is 6.86. The molecule has 1 aliphatic rings. The topological polar surface area (TPSA) is 20.2 Å². The van der Waals surface area contributed by atoms with E-state index in [2.05, 4.69) is 46.3 Å². The van der Waals surface area contributed by atoms with Crippen LogP contribution in [0.5, 0.6) is 0 Å². The van der Waals surface area contributed by atoms with Gasteiger partial charge in [0.25, 0.3) is 0 Å². The van der Waals surface area contributed by atoms with Gasteiger partial charge in [-0.15, -0.1) is 0 Å². The van der Waals surface area contributed by atoms with Crippen molar-refractivity contribution in [3.8, 4) is 22.3 Å². The lowest BCUT2D eigenvalue weighted by molar-refractivity contribution is 0.131. The van der Waals surface area contributed by atoms with Gasteiger partial charge in [-0.05, 0) is 34.4 Å². The number of aliphatic hydroxyl groups is 1. The van der Waals surface area contributed by atoms with Crippen molar-refractivity contribution in [1.29, 1.82) is 0 Å². The Morgan fingerprint density at radius 2 is 1.11 bits per heavy atom. The lowest BCUT2D eigenvalue weighted by Crippen LogP contribution is -2.27. The van der Waals surface area contributed by atoms with Gasteiger partial charge in [0.15, 0.2) is 0 Å². The summed E-state index contributed by atoms with van der Waals surface area (Å²) < 4.78 is 0.963. The molecule has 0 amide bonds. The number of hydrogen-bond donors (Lipinski definition) is 1. The minimum atomic E-state index is -1.19. The van der Waals surface area contributed by atoms with Crippen molar-refractivity contribution in [3.63, 3.8) is 0 Å². The molecule has 0 saturated heterocycles. The SMILES string of the molecule is OC1(c2ccccc2-c2ccccc2)c2ccccc2-c2ccc(Br)cc21. The number of rotatable bonds is 2. The molecule has 1 N–H and O–H groups in total. The molecule has 0 spiro atoms. The third-order valence-electron chi connectivity index (χ3n) is 5.38. The van der Waals surface area contributed by atoms with Crippen molar-refractivity contribution in [1.82, 2.24) is 0 Å². The zero-order valence-corrected chi connectivity index (χ0v) is 16.1. The van der Waals surface area contributed by atoms with Crippen molar-refractivity contribution >= 4 is 15.9 Å². The lowest BCUT2D eigenvalue weighted by atomic mass is 9.80. The van der Waals surface area contributed by atoms with Gasteiger partial charge in [-0.3, -0.25) is 0 Å². The van der Waals surface area contributed by atoms with E-state index >= 15 is 0 Å². The van der Waals surface area contributed by atoms with E-state index in [1.807, 2.05) is 66.7 Å². The Balaban J connectivity index is 1.86. The Bertz CT molecular complexity index is 1150. The highest BCUT2D eigenvalue weighted by Crippen LogP contribution is 2.53. The predicted molar refractivity (Wildman–Crippen MR) is 114 cm³/mol. The van der Waals surface area contributed by atoms with Gasteiger partial charge in [-0.1, -0.05) is 101 Å². The van der Waals surface area contributed by atoms with Crippen LogP contribution < -0.4 is 0 Å². The van der Waals surface area contributed by atoms with E-state index in [9.17, 15) is 5.11 Å². The maximum absolute atomic E-state index is 12.2. The molecule has 4 aromatic rings. The van der Waals surface area contributed by atoms with E-state index < -0.39 is 5.60 Å². The largest absolute Gasteiger partial charge is 0.376 e. The zero-order valence-electron chi connectivity index (χ0n) is 14.6. The zero-order chi connectivity index (χ0) is 18.4. The summed E-state index contributed by atoms with van der Waals surface area (Å²) in [6.07, 6.45) is 0. The molecule has 1 aliphatic carbocycles. The summed E-state index contributed by atoms with van der Waals surface area (Å²) in [5.74, 6) is 0. The third kappa shape index (κ3) is 2.41. The van der Waals surface area contributed by atoms with Gasteiger partial charge in [0, 0.05) is 21.2 Å². The molecule has 130 valence electrons. The Labute approximate surface area is 167 Å². The monoisotopic (exact) mass is 412 g/mol. The summed E-state index contributed by atoms with van der Waals surface area (Å²) in [5, 5.41) is 12.2. The first kappa shape index (κ1) is 16.5. The fourth-order valence-corrected chi connectivity index (χ4v) is 4.55. The molecule has 0 heterocycles. The van der Waals surface area contributed by atoms with Crippen LogP contribution in [-0.4, -0.2) is 5.11 Å². The lowest BCUT2D eigenvalue weighted by Gasteiger charge is -2.29. The van der Waals surface area contributed by atoms with Crippen LogP contribution in [0.4, 0.5) is 0 Å². The predicted octanol–water partition coefficient (Wildman–Crippen LogP) is 6.38. The minimum absolute atomic E-state index is 0.903. The summed E-state index contributed by atoms with van der Waals surface area (Å²) in [6.45, 7) is 0. The van der Waals surface area contributed by atoms with E-state index in [-0.39, 0.29) is 0 Å². The molecule has 4 aromatic carbocycles. The van der Waals surface area contributed by atoms with E-state index in [1.165, 1.54) is 0 Å². The van der Waals surface area contributed by atoms with Gasteiger partial charge >= 0.3 is 0 Å². The molecular weight excluding hydrogens is 396 g/mol. The standard InChI is InChI=1S/C25H17BrO/c26-18-14-15-21-20-11-5-7-13-23(20)25(27,24(21)16-18)22-12-6-4-10-19(22)17-8-2-1-3-9-17/h1-16,27H. The van der Waals surface area contributed by atoms with E-state index in [4.69, 9.17) is 0 Å². The molecule has 27 heavy (non-hydrogen) atoms. The maximum atomic E-state index is 12.2. The molecule has 0 aromatic heterocycles. The number of hydrogen-bond acceptors (Lipinski definition) is 1. The van der Waals surface area contributed by atoms with Crippen LogP contribution in [0.25, 0.3) is 22.3 Å². The highest BCUT2D eigenvalue weighted by molar-refractivity contribution is 9.10. The average molecular weight is 413 g/mol. The number of fused-ring (bicyclic) bond motifs is 3. The van der Waals surface area contributed by atoms with Crippen LogP contribution in [0.1, 0.15) is 16.7 Å². The molecule has 0 bridgehead atoms. The molecule has 2 heteroatoms. The van der Waals surface area contributed by atoms with Crippen molar-refractivity contribution in [2.45, 2.75) is 5.60 Å². The normalized spacial score (nSPS) is 17.4. The van der Waals surface area contributed by atoms with Crippen LogP contribution >= 0.6 is 15.9 Å². The smallest absolute Gasteiger partial charge is 0.142 e. The Morgan fingerprint density at radius 1 is 0.556 bits per heavy atom. The van der Waals surface area contributed by atoms with Crippen molar-refractivity contribution in [3.05, 3.63) is 118 Å². The second-order valence-corrected chi connectivity index (χ2v) is 7.77. The second kappa shape index (κ2) is 6.19. The molecule has 1 nitrogen and oxygen atoms in total. The van der Waals surface area contributed by atoms with Crippen LogP contribution in [0.3, 0.4) is 0 Å². The van der Waals surface area contributed by atoms with Crippen molar-refractivity contribution in [2.75, 3.05) is 0 Å². The van der Waals surface area contributed by atoms with Crippen LogP contribution in [-0.2, 0) is 5.60 Å². The minimum Gasteiger partial charge on any atom is -0.376 e. The highest BCUT2D eigenvalue weighted by Gasteiger charge is 2.44. The quantitative estimate of drug-likeness (QED) is 0.404. The fraction of sp³-hybridized carbons (Fsp3) is 0.0400. The van der Waals surface area contributed by atoms with E-state index in [0.717, 1.165) is 43.4 Å². The van der Waals surface area contributed by atoms with Gasteiger partial charge in [0.05, 0.1) is 0 Å². The molecule has 0 radical (unpaired) electrons. The molecule has 0 saturated carbocycles. The summed E-state index contributed by atoms with van der Waals surface area (Å²) in [6, 6.07) is 32.7. The van der Waals surface area contributed by atoms with Crippen molar-refractivity contribution < 1.29 is 5.11 Å². The Hall–Kier alpha value is -2.68. The van der Waals surface area contributed by atoms with Gasteiger partial charge < -0.3 is 5.11 Å². The summed E-state index contributed by atoms with van der Waals surface area (Å²) in [4.78, 5) is 0. The molecular formula is C25H17BrO. The van der Waals surface area contributed by atoms with Gasteiger partial charge in [0.1, 0.15) is 5.60 Å². The number of benzene rings is 4. The number of halogens is 1. The van der Waals surface area contributed by atoms with Crippen LogP contribution in [0, 0.1) is 0 Å². The van der Waals surface area contributed by atoms with Crippen LogP contribution in [0.15, 0.2) is 102 Å². The molecule has 5 rings (SSSR count). The molecule has 1 unspecified atom stereocenters. The summed E-state index contributed by atoms with van der Waals surface area (Å²) in [7, 11) is 0. The van der Waals surface area contributed by atoms with Crippen LogP contribution in [0.2, 0.25) is 0 Å². The van der Waals surface area contributed by atoms with Gasteiger partial charge in [-0.25, -0.2) is 0 Å². The van der Waals surface area contributed by atoms with E-state index in [1.54, 1.807) is 0 Å². The van der Waals surface area contributed by atoms with Gasteiger partial charge in [-0.2, -0.15) is 0 Å². The Morgan fingerprint density at radius 3 is 1.85 bits per heavy atom. The fourth-order valence-electron chi connectivity index (χ4n) is 4.19.